The maximum Gasteiger partial charge on any atom is 0.305 e. The second-order valence-electron chi connectivity index (χ2n) is 22.5. The minimum absolute atomic E-state index is 0.00648. The zero-order valence-corrected chi connectivity index (χ0v) is 49.1. The van der Waals surface area contributed by atoms with Crippen molar-refractivity contribution in [1.29, 1.82) is 0 Å². The van der Waals surface area contributed by atoms with Crippen LogP contribution in [0.25, 0.3) is 0 Å². The molecule has 6 heteroatoms. The number of allylic oxidation sites excluding steroid dienone is 5. The Balaban J connectivity index is 3.46. The Hall–Kier alpha value is -1.92. The summed E-state index contributed by atoms with van der Waals surface area (Å²) in [5, 5.41) is 23.2. The molecule has 0 spiro atoms. The first kappa shape index (κ1) is 71.1. The minimum Gasteiger partial charge on any atom is -0.466 e. The molecule has 2 atom stereocenters. The Morgan fingerprint density at radius 3 is 1.07 bits per heavy atom. The highest BCUT2D eigenvalue weighted by molar-refractivity contribution is 5.76. The van der Waals surface area contributed by atoms with E-state index in [-0.39, 0.29) is 18.5 Å². The summed E-state index contributed by atoms with van der Waals surface area (Å²) in [4.78, 5) is 24.6. The van der Waals surface area contributed by atoms with Gasteiger partial charge in [-0.05, 0) is 64.2 Å². The van der Waals surface area contributed by atoms with Gasteiger partial charge in [0.25, 0.3) is 0 Å². The van der Waals surface area contributed by atoms with Crippen molar-refractivity contribution in [3.63, 3.8) is 0 Å². The van der Waals surface area contributed by atoms with Gasteiger partial charge in [0.2, 0.25) is 5.91 Å². The normalized spacial score (nSPS) is 12.8. The van der Waals surface area contributed by atoms with Crippen LogP contribution in [0, 0.1) is 0 Å². The van der Waals surface area contributed by atoms with Gasteiger partial charge in [-0.3, -0.25) is 9.59 Å². The van der Waals surface area contributed by atoms with Crippen LogP contribution in [0.3, 0.4) is 0 Å². The second-order valence-corrected chi connectivity index (χ2v) is 22.5. The van der Waals surface area contributed by atoms with Crippen LogP contribution in [-0.4, -0.2) is 47.4 Å². The van der Waals surface area contributed by atoms with E-state index in [1.54, 1.807) is 6.08 Å². The van der Waals surface area contributed by atoms with Gasteiger partial charge in [-0.1, -0.05) is 314 Å². The number of ether oxygens (including phenoxy) is 1. The first-order valence-corrected chi connectivity index (χ1v) is 32.8. The fraction of sp³-hybridized carbons (Fsp3) is 0.881. The third-order valence-electron chi connectivity index (χ3n) is 15.2. The van der Waals surface area contributed by atoms with Crippen LogP contribution < -0.4 is 5.32 Å². The van der Waals surface area contributed by atoms with Crippen LogP contribution in [0.4, 0.5) is 0 Å². The number of esters is 1. The van der Waals surface area contributed by atoms with Crippen molar-refractivity contribution in [2.24, 2.45) is 0 Å². The monoisotopic (exact) mass is 1030 g/mol. The molecule has 0 fully saturated rings. The van der Waals surface area contributed by atoms with E-state index in [0.717, 1.165) is 64.2 Å². The standard InChI is InChI=1S/C67H127NO5/c1-3-5-7-9-11-13-15-17-19-21-23-24-25-26-28-29-31-35-39-43-47-51-55-59-65(70)64(63-69)68-66(71)60-56-52-48-44-40-36-33-34-38-42-46-50-54-58-62-73-67(72)61-57-53-49-45-41-37-32-30-27-22-20-18-16-14-12-10-8-6-4-2/h12,14,18,20,55,59,64-65,69-70H,3-11,13,15-17,19,21-54,56-58,60-63H2,1-2H3,(H,68,71)/b14-12-,20-18-,59-55+. The molecule has 0 heterocycles. The molecule has 430 valence electrons. The molecule has 0 saturated carbocycles. The molecule has 0 aromatic carbocycles. The van der Waals surface area contributed by atoms with E-state index in [1.165, 1.54) is 263 Å². The van der Waals surface area contributed by atoms with Crippen molar-refractivity contribution in [2.75, 3.05) is 13.2 Å². The Kier molecular flexibility index (Phi) is 61.0. The molecule has 0 aliphatic rings. The van der Waals surface area contributed by atoms with Crippen molar-refractivity contribution in [2.45, 2.75) is 366 Å². The van der Waals surface area contributed by atoms with Crippen LogP contribution in [0.2, 0.25) is 0 Å². The number of carbonyl (C=O) groups excluding carboxylic acids is 2. The lowest BCUT2D eigenvalue weighted by Crippen LogP contribution is -2.45. The SMILES string of the molecule is CCCCC/C=C\C/C=C\CCCCCCCCCCCC(=O)OCCCCCCCCCCCCCCCCC(=O)NC(CO)C(O)/C=C/CCCCCCCCCCCCCCCCCCCCCCC. The van der Waals surface area contributed by atoms with Crippen LogP contribution in [0.15, 0.2) is 36.5 Å². The maximum atomic E-state index is 12.5. The molecule has 0 aliphatic heterocycles. The summed E-state index contributed by atoms with van der Waals surface area (Å²) in [7, 11) is 0. The fourth-order valence-corrected chi connectivity index (χ4v) is 10.1. The summed E-state index contributed by atoms with van der Waals surface area (Å²) in [5.74, 6) is -0.0819. The topological polar surface area (TPSA) is 95.9 Å². The summed E-state index contributed by atoms with van der Waals surface area (Å²) in [6.07, 6.45) is 79.0. The third-order valence-corrected chi connectivity index (χ3v) is 15.2. The summed E-state index contributed by atoms with van der Waals surface area (Å²) < 4.78 is 5.49. The molecular weight excluding hydrogens is 899 g/mol. The van der Waals surface area contributed by atoms with Crippen LogP contribution in [0.5, 0.6) is 0 Å². The van der Waals surface area contributed by atoms with Gasteiger partial charge < -0.3 is 20.3 Å². The quantitative estimate of drug-likeness (QED) is 0.0320. The highest BCUT2D eigenvalue weighted by Crippen LogP contribution is 2.18. The van der Waals surface area contributed by atoms with E-state index in [9.17, 15) is 19.8 Å². The number of amides is 1. The van der Waals surface area contributed by atoms with Crippen LogP contribution in [0.1, 0.15) is 354 Å². The first-order valence-electron chi connectivity index (χ1n) is 32.8. The highest BCUT2D eigenvalue weighted by atomic mass is 16.5. The number of unbranched alkanes of at least 4 members (excludes halogenated alkanes) is 46. The summed E-state index contributed by atoms with van der Waals surface area (Å²) in [6.45, 7) is 4.88. The molecule has 1 amide bonds. The smallest absolute Gasteiger partial charge is 0.305 e. The zero-order valence-electron chi connectivity index (χ0n) is 49.1. The average molecular weight is 1030 g/mol. The van der Waals surface area contributed by atoms with Gasteiger partial charge in [0.1, 0.15) is 0 Å². The molecule has 3 N–H and O–H groups in total. The van der Waals surface area contributed by atoms with Gasteiger partial charge in [-0.2, -0.15) is 0 Å². The molecule has 0 bridgehead atoms. The first-order chi connectivity index (χ1) is 36.0. The van der Waals surface area contributed by atoms with Crippen LogP contribution in [-0.2, 0) is 14.3 Å². The fourth-order valence-electron chi connectivity index (χ4n) is 10.1. The summed E-state index contributed by atoms with van der Waals surface area (Å²) in [5.41, 5.74) is 0. The van der Waals surface area contributed by atoms with Crippen molar-refractivity contribution >= 4 is 11.9 Å². The number of rotatable bonds is 61. The third kappa shape index (κ3) is 59.2. The Morgan fingerprint density at radius 1 is 0.384 bits per heavy atom. The number of carbonyl (C=O) groups is 2. The van der Waals surface area contributed by atoms with E-state index in [2.05, 4.69) is 43.5 Å². The van der Waals surface area contributed by atoms with Crippen molar-refractivity contribution in [1.82, 2.24) is 5.32 Å². The van der Waals surface area contributed by atoms with E-state index in [1.807, 2.05) is 6.08 Å². The molecule has 2 unspecified atom stereocenters. The van der Waals surface area contributed by atoms with Gasteiger partial charge in [-0.15, -0.1) is 0 Å². The maximum absolute atomic E-state index is 12.5. The summed E-state index contributed by atoms with van der Waals surface area (Å²) in [6, 6.07) is -0.638. The molecule has 0 saturated heterocycles. The number of aliphatic hydroxyl groups excluding tert-OH is 2. The van der Waals surface area contributed by atoms with E-state index >= 15 is 0 Å². The molecule has 0 aromatic rings. The number of aliphatic hydroxyl groups is 2. The Labute approximate surface area is 455 Å². The Morgan fingerprint density at radius 2 is 0.685 bits per heavy atom. The zero-order chi connectivity index (χ0) is 52.9. The van der Waals surface area contributed by atoms with Gasteiger partial charge >= 0.3 is 5.97 Å². The predicted molar refractivity (Wildman–Crippen MR) is 319 cm³/mol. The number of hydrogen-bond donors (Lipinski definition) is 3. The second kappa shape index (κ2) is 62.6. The van der Waals surface area contributed by atoms with Gasteiger partial charge in [0, 0.05) is 12.8 Å². The molecule has 0 radical (unpaired) electrons. The summed E-state index contributed by atoms with van der Waals surface area (Å²) >= 11 is 0. The highest BCUT2D eigenvalue weighted by Gasteiger charge is 2.18. The number of hydrogen-bond acceptors (Lipinski definition) is 5. The van der Waals surface area contributed by atoms with E-state index in [4.69, 9.17) is 4.74 Å². The van der Waals surface area contributed by atoms with Crippen molar-refractivity contribution < 1.29 is 24.5 Å². The van der Waals surface area contributed by atoms with Gasteiger partial charge in [-0.25, -0.2) is 0 Å². The molecule has 0 aliphatic carbocycles. The van der Waals surface area contributed by atoms with E-state index in [0.29, 0.717) is 19.4 Å². The molecule has 73 heavy (non-hydrogen) atoms. The molecule has 6 nitrogen and oxygen atoms in total. The minimum atomic E-state index is -0.854. The largest absolute Gasteiger partial charge is 0.466 e. The predicted octanol–water partition coefficient (Wildman–Crippen LogP) is 20.8. The van der Waals surface area contributed by atoms with Gasteiger partial charge in [0.05, 0.1) is 25.4 Å². The average Bonchev–Trinajstić information content (AvgIpc) is 3.39. The number of nitrogens with one attached hydrogen (secondary N) is 1. The lowest BCUT2D eigenvalue weighted by molar-refractivity contribution is -0.143. The molecule has 0 aromatic heterocycles. The molecule has 0 rings (SSSR count). The lowest BCUT2D eigenvalue weighted by atomic mass is 10.0. The van der Waals surface area contributed by atoms with E-state index < -0.39 is 12.1 Å². The van der Waals surface area contributed by atoms with Crippen molar-refractivity contribution in [3.8, 4) is 0 Å². The molecular formula is C67H127NO5. The van der Waals surface area contributed by atoms with Crippen LogP contribution >= 0.6 is 0 Å². The Bertz CT molecular complexity index is 1180. The lowest BCUT2D eigenvalue weighted by Gasteiger charge is -2.20. The van der Waals surface area contributed by atoms with Gasteiger partial charge in [0.15, 0.2) is 0 Å². The van der Waals surface area contributed by atoms with Crippen molar-refractivity contribution in [3.05, 3.63) is 36.5 Å².